The van der Waals surface area contributed by atoms with Gasteiger partial charge in [-0.25, -0.2) is 16.8 Å². The average Bonchev–Trinajstić information content (AvgIpc) is 2.43. The molecule has 1 aromatic rings. The van der Waals surface area contributed by atoms with E-state index in [1.165, 1.54) is 17.3 Å². The maximum Gasteiger partial charge on any atom is 0.246 e. The standard InChI is InChI=1S/C12H18N2O5S2/c1-9-7-10(13-20(16)17)8-11(12(9)15)21(18,19)14-5-3-2-4-6-14/h7-8,15,20H,2-6H2,1H3,(H,13,16,17). The number of nitrogens with zero attached hydrogens (tertiary/aromatic N) is 1. The molecule has 0 atom stereocenters. The fourth-order valence-corrected chi connectivity index (χ4v) is 4.40. The molecule has 118 valence electrons. The maximum atomic E-state index is 12.6. The van der Waals surface area contributed by atoms with Crippen LogP contribution in [0.1, 0.15) is 24.8 Å². The minimum absolute atomic E-state index is 0.122. The molecular weight excluding hydrogens is 316 g/mol. The third-order valence-electron chi connectivity index (χ3n) is 3.42. The van der Waals surface area contributed by atoms with Crippen LogP contribution in [0, 0.1) is 6.92 Å². The molecule has 1 heterocycles. The number of hydrogen-bond acceptors (Lipinski definition) is 5. The topological polar surface area (TPSA) is 104 Å². The van der Waals surface area contributed by atoms with Gasteiger partial charge in [0.15, 0.2) is 0 Å². The summed E-state index contributed by atoms with van der Waals surface area (Å²) in [6.45, 7) is 2.34. The molecule has 0 spiro atoms. The second-order valence-electron chi connectivity index (χ2n) is 4.97. The highest BCUT2D eigenvalue weighted by molar-refractivity contribution is 7.89. The number of hydrogen-bond donors (Lipinski definition) is 3. The van der Waals surface area contributed by atoms with Gasteiger partial charge in [0, 0.05) is 13.1 Å². The van der Waals surface area contributed by atoms with E-state index in [9.17, 15) is 21.9 Å². The van der Waals surface area contributed by atoms with Crippen LogP contribution in [0.15, 0.2) is 17.0 Å². The van der Waals surface area contributed by atoms with Gasteiger partial charge >= 0.3 is 0 Å². The quantitative estimate of drug-likeness (QED) is 0.558. The SMILES string of the molecule is Cc1cc(N[SH](=O)=O)cc(S(=O)(=O)N2CCCCC2)c1O. The molecule has 0 aromatic heterocycles. The van der Waals surface area contributed by atoms with Crippen LogP contribution < -0.4 is 4.72 Å². The molecule has 21 heavy (non-hydrogen) atoms. The number of nitrogens with one attached hydrogen (secondary N) is 1. The molecule has 1 aliphatic rings. The zero-order chi connectivity index (χ0) is 15.6. The van der Waals surface area contributed by atoms with Crippen molar-refractivity contribution in [3.05, 3.63) is 17.7 Å². The molecule has 1 fully saturated rings. The molecule has 2 N–H and O–H groups in total. The Bertz CT molecular complexity index is 699. The zero-order valence-electron chi connectivity index (χ0n) is 11.6. The number of piperidine rings is 1. The number of sulfonamides is 1. The van der Waals surface area contributed by atoms with E-state index in [4.69, 9.17) is 0 Å². The average molecular weight is 334 g/mol. The van der Waals surface area contributed by atoms with Crippen LogP contribution in [-0.2, 0) is 20.9 Å². The van der Waals surface area contributed by atoms with Crippen LogP contribution in [0.3, 0.4) is 0 Å². The number of benzene rings is 1. The zero-order valence-corrected chi connectivity index (χ0v) is 13.3. The molecule has 7 nitrogen and oxygen atoms in total. The van der Waals surface area contributed by atoms with Gasteiger partial charge in [-0.05, 0) is 37.5 Å². The minimum Gasteiger partial charge on any atom is -0.506 e. The van der Waals surface area contributed by atoms with Crippen LogP contribution in [0.4, 0.5) is 5.69 Å². The number of phenolic OH excluding ortho intramolecular Hbond substituents is 1. The number of rotatable bonds is 4. The van der Waals surface area contributed by atoms with Crippen LogP contribution in [0.25, 0.3) is 0 Å². The van der Waals surface area contributed by atoms with E-state index in [2.05, 4.69) is 4.72 Å². The first kappa shape index (κ1) is 16.1. The number of thiol groups is 1. The van der Waals surface area contributed by atoms with E-state index in [1.54, 1.807) is 0 Å². The molecule has 0 saturated carbocycles. The number of aryl methyl sites for hydroxylation is 1. The lowest BCUT2D eigenvalue weighted by atomic mass is 10.2. The van der Waals surface area contributed by atoms with Crippen molar-refractivity contribution < 1.29 is 21.9 Å². The highest BCUT2D eigenvalue weighted by Crippen LogP contribution is 2.33. The molecule has 1 aromatic carbocycles. The van der Waals surface area contributed by atoms with E-state index in [0.29, 0.717) is 18.7 Å². The van der Waals surface area contributed by atoms with Crippen LogP contribution in [-0.4, -0.2) is 39.3 Å². The van der Waals surface area contributed by atoms with Gasteiger partial charge in [0.05, 0.1) is 5.69 Å². The molecule has 0 bridgehead atoms. The number of phenols is 1. The summed E-state index contributed by atoms with van der Waals surface area (Å²) in [5.74, 6) is -0.341. The first-order valence-electron chi connectivity index (χ1n) is 6.57. The largest absolute Gasteiger partial charge is 0.506 e. The molecule has 2 rings (SSSR count). The Balaban J connectivity index is 2.48. The fourth-order valence-electron chi connectivity index (χ4n) is 2.36. The monoisotopic (exact) mass is 334 g/mol. The van der Waals surface area contributed by atoms with E-state index < -0.39 is 20.9 Å². The normalized spacial score (nSPS) is 17.0. The Morgan fingerprint density at radius 1 is 1.19 bits per heavy atom. The molecule has 1 saturated heterocycles. The van der Waals surface area contributed by atoms with Crippen molar-refractivity contribution in [3.8, 4) is 5.75 Å². The minimum atomic E-state index is -3.83. The Morgan fingerprint density at radius 2 is 1.81 bits per heavy atom. The summed E-state index contributed by atoms with van der Waals surface area (Å²) in [6, 6.07) is 2.53. The van der Waals surface area contributed by atoms with E-state index in [0.717, 1.165) is 25.3 Å². The van der Waals surface area contributed by atoms with E-state index in [-0.39, 0.29) is 16.3 Å². The molecular formula is C12H18N2O5S2. The predicted molar refractivity (Wildman–Crippen MR) is 79.4 cm³/mol. The maximum absolute atomic E-state index is 12.6. The Morgan fingerprint density at radius 3 is 2.38 bits per heavy atom. The van der Waals surface area contributed by atoms with E-state index in [1.807, 2.05) is 0 Å². The van der Waals surface area contributed by atoms with Crippen molar-refractivity contribution in [2.75, 3.05) is 17.8 Å². The third-order valence-corrected chi connectivity index (χ3v) is 5.77. The van der Waals surface area contributed by atoms with Crippen molar-refractivity contribution in [2.45, 2.75) is 31.1 Å². The van der Waals surface area contributed by atoms with Crippen molar-refractivity contribution in [3.63, 3.8) is 0 Å². The van der Waals surface area contributed by atoms with Gasteiger partial charge in [-0.15, -0.1) is 0 Å². The summed E-state index contributed by atoms with van der Waals surface area (Å²) in [6.07, 6.45) is 2.54. The highest BCUT2D eigenvalue weighted by atomic mass is 32.2. The van der Waals surface area contributed by atoms with Gasteiger partial charge in [0.2, 0.25) is 20.9 Å². The second kappa shape index (κ2) is 6.20. The summed E-state index contributed by atoms with van der Waals surface area (Å²) in [4.78, 5) is -0.260. The molecule has 0 aliphatic carbocycles. The van der Waals surface area contributed by atoms with Crippen LogP contribution >= 0.6 is 0 Å². The summed E-state index contributed by atoms with van der Waals surface area (Å²) in [5, 5.41) is 10.0. The summed E-state index contributed by atoms with van der Waals surface area (Å²) in [7, 11) is -6.73. The van der Waals surface area contributed by atoms with Gasteiger partial charge in [-0.2, -0.15) is 4.31 Å². The van der Waals surface area contributed by atoms with Crippen molar-refractivity contribution in [1.29, 1.82) is 0 Å². The Labute approximate surface area is 125 Å². The van der Waals surface area contributed by atoms with Gasteiger partial charge in [-0.3, -0.25) is 4.72 Å². The van der Waals surface area contributed by atoms with Crippen molar-refractivity contribution >= 4 is 26.6 Å². The lowest BCUT2D eigenvalue weighted by Crippen LogP contribution is -2.35. The van der Waals surface area contributed by atoms with Crippen molar-refractivity contribution in [1.82, 2.24) is 4.31 Å². The fraction of sp³-hybridized carbons (Fsp3) is 0.500. The van der Waals surface area contributed by atoms with Crippen LogP contribution in [0.2, 0.25) is 0 Å². The summed E-state index contributed by atoms with van der Waals surface area (Å²) >= 11 is 0. The lowest BCUT2D eigenvalue weighted by Gasteiger charge is -2.26. The van der Waals surface area contributed by atoms with Gasteiger partial charge in [0.25, 0.3) is 0 Å². The molecule has 9 heteroatoms. The molecule has 0 radical (unpaired) electrons. The smallest absolute Gasteiger partial charge is 0.246 e. The Kier molecular flexibility index (Phi) is 4.74. The second-order valence-corrected chi connectivity index (χ2v) is 7.62. The predicted octanol–water partition coefficient (Wildman–Crippen LogP) is 0.814. The number of anilines is 1. The summed E-state index contributed by atoms with van der Waals surface area (Å²) < 4.78 is 50.1. The highest BCUT2D eigenvalue weighted by Gasteiger charge is 2.29. The van der Waals surface area contributed by atoms with Gasteiger partial charge < -0.3 is 5.11 Å². The lowest BCUT2D eigenvalue weighted by molar-refractivity contribution is 0.344. The van der Waals surface area contributed by atoms with Gasteiger partial charge in [-0.1, -0.05) is 6.42 Å². The molecule has 1 aliphatic heterocycles. The molecule has 0 amide bonds. The molecule has 0 unspecified atom stereocenters. The third kappa shape index (κ3) is 3.47. The van der Waals surface area contributed by atoms with Crippen molar-refractivity contribution in [2.24, 2.45) is 0 Å². The number of aromatic hydroxyl groups is 1. The summed E-state index contributed by atoms with van der Waals surface area (Å²) in [5.41, 5.74) is 0.421. The van der Waals surface area contributed by atoms with Crippen LogP contribution in [0.5, 0.6) is 5.75 Å². The van der Waals surface area contributed by atoms with Gasteiger partial charge in [0.1, 0.15) is 10.6 Å². The van der Waals surface area contributed by atoms with E-state index >= 15 is 0 Å². The first-order chi connectivity index (χ1) is 9.82. The Hall–Kier alpha value is -1.32. The first-order valence-corrected chi connectivity index (χ1v) is 9.19.